The van der Waals surface area contributed by atoms with Gasteiger partial charge in [0.15, 0.2) is 0 Å². The van der Waals surface area contributed by atoms with Gasteiger partial charge in [-0.3, -0.25) is 4.79 Å². The van der Waals surface area contributed by atoms with Crippen LogP contribution in [0, 0.1) is 0 Å². The third-order valence-corrected chi connectivity index (χ3v) is 2.75. The second-order valence-corrected chi connectivity index (χ2v) is 6.54. The number of hydrogen-bond donors (Lipinski definition) is 3. The Morgan fingerprint density at radius 1 is 1.05 bits per heavy atom. The minimum atomic E-state index is -1.37. The highest BCUT2D eigenvalue weighted by Gasteiger charge is 2.35. The van der Waals surface area contributed by atoms with Crippen molar-refractivity contribution in [3.8, 4) is 0 Å². The molecule has 110 valence electrons. The number of rotatable bonds is 3. The highest BCUT2D eigenvalue weighted by atomic mass is 16.6. The van der Waals surface area contributed by atoms with E-state index in [9.17, 15) is 14.7 Å². The van der Waals surface area contributed by atoms with Gasteiger partial charge >= 0.3 is 6.09 Å². The average molecular weight is 272 g/mol. The lowest BCUT2D eigenvalue weighted by molar-refractivity contribution is -0.137. The van der Waals surface area contributed by atoms with Crippen LogP contribution in [0.2, 0.25) is 0 Å². The van der Waals surface area contributed by atoms with E-state index in [0.717, 1.165) is 0 Å². The third-order valence-electron chi connectivity index (χ3n) is 2.75. The molecule has 6 heteroatoms. The molecule has 0 aromatic heterocycles. The molecule has 0 heterocycles. The molecule has 1 aliphatic rings. The predicted octanol–water partition coefficient (Wildman–Crippen LogP) is 0.929. The summed E-state index contributed by atoms with van der Waals surface area (Å²) >= 11 is 0. The second-order valence-electron chi connectivity index (χ2n) is 6.54. The zero-order valence-electron chi connectivity index (χ0n) is 12.2. The lowest BCUT2D eigenvalue weighted by Crippen LogP contribution is -2.57. The van der Waals surface area contributed by atoms with Crippen LogP contribution in [-0.2, 0) is 9.53 Å². The van der Waals surface area contributed by atoms with Gasteiger partial charge in [-0.2, -0.15) is 0 Å². The zero-order valence-corrected chi connectivity index (χ0v) is 12.2. The largest absolute Gasteiger partial charge is 0.444 e. The molecule has 1 aliphatic carbocycles. The van der Waals surface area contributed by atoms with Crippen LogP contribution in [0.4, 0.5) is 4.79 Å². The van der Waals surface area contributed by atoms with Crippen molar-refractivity contribution in [3.05, 3.63) is 0 Å². The Hall–Kier alpha value is -1.30. The second kappa shape index (κ2) is 5.36. The summed E-state index contributed by atoms with van der Waals surface area (Å²) in [6, 6.07) is 0.0146. The molecule has 0 aromatic carbocycles. The van der Waals surface area contributed by atoms with E-state index in [2.05, 4.69) is 10.6 Å². The van der Waals surface area contributed by atoms with Crippen molar-refractivity contribution in [1.82, 2.24) is 10.6 Å². The van der Waals surface area contributed by atoms with Crippen molar-refractivity contribution in [2.75, 3.05) is 0 Å². The molecule has 19 heavy (non-hydrogen) atoms. The van der Waals surface area contributed by atoms with Gasteiger partial charge in [0.25, 0.3) is 5.91 Å². The van der Waals surface area contributed by atoms with Crippen molar-refractivity contribution >= 4 is 12.0 Å². The summed E-state index contributed by atoms with van der Waals surface area (Å²) < 4.78 is 5.14. The molecule has 0 aromatic rings. The van der Waals surface area contributed by atoms with Crippen LogP contribution in [0.5, 0.6) is 0 Å². The molecular formula is C13H24N2O4. The van der Waals surface area contributed by atoms with Gasteiger partial charge in [-0.1, -0.05) is 0 Å². The van der Waals surface area contributed by atoms with E-state index in [4.69, 9.17) is 4.74 Å². The maximum Gasteiger partial charge on any atom is 0.407 e. The van der Waals surface area contributed by atoms with E-state index in [0.29, 0.717) is 12.8 Å². The Morgan fingerprint density at radius 3 is 1.95 bits per heavy atom. The summed E-state index contributed by atoms with van der Waals surface area (Å²) in [5, 5.41) is 15.0. The first-order valence-corrected chi connectivity index (χ1v) is 6.50. The Morgan fingerprint density at radius 2 is 1.53 bits per heavy atom. The summed E-state index contributed by atoms with van der Waals surface area (Å²) in [6.07, 6.45) is 0.868. The van der Waals surface area contributed by atoms with Crippen molar-refractivity contribution < 1.29 is 19.4 Å². The normalized spacial score (nSPS) is 23.3. The first-order chi connectivity index (χ1) is 8.47. The fraction of sp³-hybridized carbons (Fsp3) is 0.846. The number of carbonyl (C=O) groups is 2. The van der Waals surface area contributed by atoms with Crippen LogP contribution in [0.15, 0.2) is 0 Å². The molecule has 0 aliphatic heterocycles. The molecule has 0 spiro atoms. The highest BCUT2D eigenvalue weighted by molar-refractivity contribution is 5.84. The summed E-state index contributed by atoms with van der Waals surface area (Å²) in [4.78, 5) is 23.0. The maximum atomic E-state index is 11.5. The number of hydrogen-bond acceptors (Lipinski definition) is 4. The Balaban J connectivity index is 2.24. The maximum absolute atomic E-state index is 11.5. The lowest BCUT2D eigenvalue weighted by Gasteiger charge is -2.37. The number of aliphatic hydroxyl groups is 1. The fourth-order valence-corrected chi connectivity index (χ4v) is 1.69. The molecule has 0 radical (unpaired) electrons. The van der Waals surface area contributed by atoms with E-state index in [1.807, 2.05) is 0 Å². The van der Waals surface area contributed by atoms with Crippen molar-refractivity contribution in [2.45, 2.75) is 70.7 Å². The summed E-state index contributed by atoms with van der Waals surface area (Å²) in [7, 11) is 0. The first-order valence-electron chi connectivity index (χ1n) is 6.50. The monoisotopic (exact) mass is 272 g/mol. The van der Waals surface area contributed by atoms with Gasteiger partial charge in [-0.05, 0) is 47.5 Å². The van der Waals surface area contributed by atoms with Gasteiger partial charge in [0.1, 0.15) is 11.2 Å². The molecule has 1 rings (SSSR count). The predicted molar refractivity (Wildman–Crippen MR) is 70.6 cm³/mol. The van der Waals surface area contributed by atoms with Crippen LogP contribution < -0.4 is 10.6 Å². The molecule has 6 nitrogen and oxygen atoms in total. The summed E-state index contributed by atoms with van der Waals surface area (Å²) in [5.74, 6) is -0.395. The van der Waals surface area contributed by atoms with E-state index in [-0.39, 0.29) is 12.1 Å². The van der Waals surface area contributed by atoms with Crippen LogP contribution in [0.3, 0.4) is 0 Å². The number of alkyl carbamates (subject to hydrolysis) is 1. The van der Waals surface area contributed by atoms with Gasteiger partial charge in [0.2, 0.25) is 0 Å². The SMILES string of the molecule is CC(C)(C)OC(=O)NC1CC(NC(=O)C(C)(C)O)C1. The fourth-order valence-electron chi connectivity index (χ4n) is 1.69. The van der Waals surface area contributed by atoms with E-state index in [1.54, 1.807) is 20.8 Å². The third kappa shape index (κ3) is 5.46. The number of amides is 2. The topological polar surface area (TPSA) is 87.7 Å². The van der Waals surface area contributed by atoms with Gasteiger partial charge in [-0.25, -0.2) is 4.79 Å². The smallest absolute Gasteiger partial charge is 0.407 e. The molecule has 0 saturated heterocycles. The van der Waals surface area contributed by atoms with Crippen LogP contribution in [0.25, 0.3) is 0 Å². The van der Waals surface area contributed by atoms with E-state index in [1.165, 1.54) is 13.8 Å². The molecule has 3 N–H and O–H groups in total. The van der Waals surface area contributed by atoms with Crippen LogP contribution in [0.1, 0.15) is 47.5 Å². The summed E-state index contributed by atoms with van der Waals surface area (Å²) in [6.45, 7) is 8.30. The lowest BCUT2D eigenvalue weighted by atomic mass is 9.86. The van der Waals surface area contributed by atoms with Crippen molar-refractivity contribution in [3.63, 3.8) is 0 Å². The van der Waals surface area contributed by atoms with Crippen LogP contribution in [-0.4, -0.2) is 40.4 Å². The number of carbonyl (C=O) groups excluding carboxylic acids is 2. The molecule has 1 fully saturated rings. The van der Waals surface area contributed by atoms with Gasteiger partial charge in [-0.15, -0.1) is 0 Å². The Labute approximate surface area is 113 Å². The molecular weight excluding hydrogens is 248 g/mol. The van der Waals surface area contributed by atoms with Gasteiger partial charge in [0.05, 0.1) is 0 Å². The Kier molecular flexibility index (Phi) is 4.45. The van der Waals surface area contributed by atoms with E-state index >= 15 is 0 Å². The first kappa shape index (κ1) is 15.8. The molecule has 0 atom stereocenters. The van der Waals surface area contributed by atoms with Gasteiger partial charge in [0, 0.05) is 12.1 Å². The molecule has 0 unspecified atom stereocenters. The average Bonchev–Trinajstić information content (AvgIpc) is 2.09. The van der Waals surface area contributed by atoms with E-state index < -0.39 is 23.2 Å². The molecule has 0 bridgehead atoms. The standard InChI is InChI=1S/C13H24N2O4/c1-12(2,3)19-11(17)15-9-6-8(7-9)14-10(16)13(4,5)18/h8-9,18H,6-7H2,1-5H3,(H,14,16)(H,15,17). The van der Waals surface area contributed by atoms with Crippen molar-refractivity contribution in [2.24, 2.45) is 0 Å². The Bertz CT molecular complexity index is 349. The highest BCUT2D eigenvalue weighted by Crippen LogP contribution is 2.21. The number of ether oxygens (including phenoxy) is 1. The molecule has 1 saturated carbocycles. The van der Waals surface area contributed by atoms with Crippen LogP contribution >= 0.6 is 0 Å². The van der Waals surface area contributed by atoms with Gasteiger partial charge < -0.3 is 20.5 Å². The quantitative estimate of drug-likeness (QED) is 0.713. The minimum Gasteiger partial charge on any atom is -0.444 e. The number of nitrogens with one attached hydrogen (secondary N) is 2. The minimum absolute atomic E-state index is 0.00105. The molecule has 2 amide bonds. The summed E-state index contributed by atoms with van der Waals surface area (Å²) in [5.41, 5.74) is -1.88. The zero-order chi connectivity index (χ0) is 14.8. The van der Waals surface area contributed by atoms with Crippen molar-refractivity contribution in [1.29, 1.82) is 0 Å².